The Bertz CT molecular complexity index is 430. The van der Waals surface area contributed by atoms with Crippen molar-refractivity contribution in [3.05, 3.63) is 10.6 Å². The number of hydrogen-bond acceptors (Lipinski definition) is 2. The topological polar surface area (TPSA) is 33.6 Å². The Morgan fingerprint density at radius 3 is 2.24 bits per heavy atom. The summed E-state index contributed by atoms with van der Waals surface area (Å²) in [5, 5.41) is 3.27. The number of aromatic amines is 1. The normalized spacial score (nSPS) is 26.1. The van der Waals surface area contributed by atoms with Gasteiger partial charge < -0.3 is 0 Å². The van der Waals surface area contributed by atoms with E-state index in [0.717, 1.165) is 11.7 Å². The van der Waals surface area contributed by atoms with Gasteiger partial charge in [0.25, 0.3) is 0 Å². The van der Waals surface area contributed by atoms with Gasteiger partial charge in [-0.25, -0.2) is 4.98 Å². The Labute approximate surface area is 109 Å². The van der Waals surface area contributed by atoms with Crippen molar-refractivity contribution in [3.8, 4) is 0 Å². The molecule has 0 saturated heterocycles. The third-order valence-electron chi connectivity index (χ3n) is 4.12. The zero-order valence-electron chi connectivity index (χ0n) is 11.3. The van der Waals surface area contributed by atoms with Crippen molar-refractivity contribution < 1.29 is 0 Å². The molecular weight excluding hydrogens is 230 g/mol. The first-order valence-electron chi connectivity index (χ1n) is 6.51. The van der Waals surface area contributed by atoms with Gasteiger partial charge in [0, 0.05) is 13.0 Å². The highest BCUT2D eigenvalue weighted by Gasteiger charge is 2.31. The van der Waals surface area contributed by atoms with E-state index < -0.39 is 0 Å². The largest absolute Gasteiger partial charge is 0.283 e. The van der Waals surface area contributed by atoms with E-state index in [2.05, 4.69) is 30.9 Å². The average molecular weight is 253 g/mol. The summed E-state index contributed by atoms with van der Waals surface area (Å²) in [6, 6.07) is 0. The number of hydrogen-bond donors (Lipinski definition) is 1. The van der Waals surface area contributed by atoms with Gasteiger partial charge in [0.2, 0.25) is 4.77 Å². The molecule has 0 amide bonds. The molecule has 1 fully saturated rings. The lowest BCUT2D eigenvalue weighted by Crippen LogP contribution is -2.25. The fourth-order valence-electron chi connectivity index (χ4n) is 2.84. The Hall–Kier alpha value is -0.640. The van der Waals surface area contributed by atoms with E-state index in [-0.39, 0.29) is 0 Å². The van der Waals surface area contributed by atoms with Gasteiger partial charge in [-0.05, 0) is 49.2 Å². The molecule has 0 radical (unpaired) electrons. The summed E-state index contributed by atoms with van der Waals surface area (Å²) < 4.78 is 2.50. The fourth-order valence-corrected chi connectivity index (χ4v) is 2.98. The minimum Gasteiger partial charge on any atom is -0.283 e. The Morgan fingerprint density at radius 2 is 1.82 bits per heavy atom. The molecule has 1 heterocycles. The predicted octanol–water partition coefficient (Wildman–Crippen LogP) is 3.80. The summed E-state index contributed by atoms with van der Waals surface area (Å²) >= 11 is 5.15. The first-order valence-corrected chi connectivity index (χ1v) is 6.91. The maximum atomic E-state index is 5.15. The van der Waals surface area contributed by atoms with Crippen LogP contribution in [0.3, 0.4) is 0 Å². The van der Waals surface area contributed by atoms with Crippen LogP contribution in [0.1, 0.15) is 58.2 Å². The molecule has 1 aromatic rings. The van der Waals surface area contributed by atoms with Gasteiger partial charge in [-0.15, -0.1) is 0 Å². The quantitative estimate of drug-likeness (QED) is 0.772. The highest BCUT2D eigenvalue weighted by atomic mass is 32.1. The van der Waals surface area contributed by atoms with Gasteiger partial charge in [0.1, 0.15) is 5.82 Å². The minimum absolute atomic E-state index is 0.446. The lowest BCUT2D eigenvalue weighted by atomic mass is 9.70. The molecular formula is C13H23N3S. The molecule has 0 bridgehead atoms. The van der Waals surface area contributed by atoms with Crippen molar-refractivity contribution in [3.63, 3.8) is 0 Å². The molecule has 17 heavy (non-hydrogen) atoms. The van der Waals surface area contributed by atoms with Crippen LogP contribution in [0.5, 0.6) is 0 Å². The molecule has 0 atom stereocenters. The molecule has 1 saturated carbocycles. The molecule has 0 aliphatic heterocycles. The third-order valence-corrected chi connectivity index (χ3v) is 4.49. The van der Waals surface area contributed by atoms with Crippen LogP contribution in [0.25, 0.3) is 0 Å². The summed E-state index contributed by atoms with van der Waals surface area (Å²) in [4.78, 5) is 4.44. The van der Waals surface area contributed by atoms with Crippen LogP contribution >= 0.6 is 12.2 Å². The summed E-state index contributed by atoms with van der Waals surface area (Å²) in [5.41, 5.74) is 0.446. The Morgan fingerprint density at radius 1 is 1.24 bits per heavy atom. The molecule has 3 nitrogen and oxygen atoms in total. The van der Waals surface area contributed by atoms with Crippen LogP contribution in [-0.4, -0.2) is 14.8 Å². The van der Waals surface area contributed by atoms with E-state index in [1.165, 1.54) is 25.7 Å². The Balaban J connectivity index is 2.02. The number of aromatic nitrogens is 3. The summed E-state index contributed by atoms with van der Waals surface area (Å²) in [7, 11) is 1.93. The van der Waals surface area contributed by atoms with Gasteiger partial charge in [0.15, 0.2) is 0 Å². The smallest absolute Gasteiger partial charge is 0.215 e. The summed E-state index contributed by atoms with van der Waals surface area (Å²) in [6.45, 7) is 7.06. The van der Waals surface area contributed by atoms with Crippen molar-refractivity contribution in [2.75, 3.05) is 0 Å². The first kappa shape index (κ1) is 12.8. The van der Waals surface area contributed by atoms with E-state index in [4.69, 9.17) is 12.2 Å². The monoisotopic (exact) mass is 253 g/mol. The number of nitrogens with one attached hydrogen (secondary N) is 1. The van der Waals surface area contributed by atoms with E-state index >= 15 is 0 Å². The van der Waals surface area contributed by atoms with Crippen molar-refractivity contribution in [1.29, 1.82) is 0 Å². The number of aryl methyl sites for hydroxylation is 1. The molecule has 1 aliphatic rings. The average Bonchev–Trinajstić information content (AvgIpc) is 2.58. The van der Waals surface area contributed by atoms with Crippen LogP contribution in [0.4, 0.5) is 0 Å². The van der Waals surface area contributed by atoms with Gasteiger partial charge in [-0.2, -0.15) is 0 Å². The molecule has 1 aromatic heterocycles. The fraction of sp³-hybridized carbons (Fsp3) is 0.846. The van der Waals surface area contributed by atoms with Crippen molar-refractivity contribution in [2.45, 2.75) is 52.4 Å². The van der Waals surface area contributed by atoms with Gasteiger partial charge in [-0.3, -0.25) is 9.78 Å². The van der Waals surface area contributed by atoms with Crippen LogP contribution < -0.4 is 0 Å². The summed E-state index contributed by atoms with van der Waals surface area (Å²) in [6.07, 6.45) is 5.10. The lowest BCUT2D eigenvalue weighted by molar-refractivity contribution is 0.167. The molecule has 2 rings (SSSR count). The van der Waals surface area contributed by atoms with Gasteiger partial charge in [0.05, 0.1) is 0 Å². The highest BCUT2D eigenvalue weighted by molar-refractivity contribution is 7.71. The zero-order valence-corrected chi connectivity index (χ0v) is 12.1. The van der Waals surface area contributed by atoms with Crippen LogP contribution in [0, 0.1) is 16.1 Å². The lowest BCUT2D eigenvalue weighted by Gasteiger charge is -2.36. The second-order valence-electron chi connectivity index (χ2n) is 6.37. The summed E-state index contributed by atoms with van der Waals surface area (Å²) in [5.74, 6) is 2.52. The zero-order chi connectivity index (χ0) is 12.6. The Kier molecular flexibility index (Phi) is 3.43. The standard InChI is InChI=1S/C13H23N3S/c1-13(2,3)10-7-5-9(6-8-10)11-14-12(17)16(4)15-11/h9-10H,5-8H2,1-4H3,(H,14,15,17). The number of nitrogens with zero attached hydrogens (tertiary/aromatic N) is 2. The van der Waals surface area contributed by atoms with E-state index in [1.54, 1.807) is 0 Å². The first-order chi connectivity index (χ1) is 7.88. The molecule has 4 heteroatoms. The van der Waals surface area contributed by atoms with E-state index in [9.17, 15) is 0 Å². The van der Waals surface area contributed by atoms with Crippen LogP contribution in [0.2, 0.25) is 0 Å². The maximum absolute atomic E-state index is 5.15. The number of H-pyrrole nitrogens is 1. The van der Waals surface area contributed by atoms with E-state index in [0.29, 0.717) is 16.1 Å². The van der Waals surface area contributed by atoms with Crippen molar-refractivity contribution in [1.82, 2.24) is 14.8 Å². The number of rotatable bonds is 1. The van der Waals surface area contributed by atoms with Crippen LogP contribution in [0.15, 0.2) is 0 Å². The van der Waals surface area contributed by atoms with Crippen LogP contribution in [-0.2, 0) is 7.05 Å². The predicted molar refractivity (Wildman–Crippen MR) is 72.5 cm³/mol. The molecule has 0 unspecified atom stereocenters. The van der Waals surface area contributed by atoms with Gasteiger partial charge in [-0.1, -0.05) is 20.8 Å². The van der Waals surface area contributed by atoms with Crippen molar-refractivity contribution >= 4 is 12.2 Å². The molecule has 0 spiro atoms. The molecule has 1 aliphatic carbocycles. The van der Waals surface area contributed by atoms with Gasteiger partial charge >= 0.3 is 0 Å². The highest BCUT2D eigenvalue weighted by Crippen LogP contribution is 2.42. The minimum atomic E-state index is 0.446. The molecule has 96 valence electrons. The van der Waals surface area contributed by atoms with E-state index in [1.807, 2.05) is 11.7 Å². The second-order valence-corrected chi connectivity index (χ2v) is 6.73. The maximum Gasteiger partial charge on any atom is 0.215 e. The third kappa shape index (κ3) is 2.79. The SMILES string of the molecule is Cn1[nH]c(C2CCC(C(C)(C)C)CC2)nc1=S. The second kappa shape index (κ2) is 4.56. The molecule has 1 N–H and O–H groups in total. The van der Waals surface area contributed by atoms with Crippen molar-refractivity contribution in [2.24, 2.45) is 18.4 Å². The molecule has 0 aromatic carbocycles.